The van der Waals surface area contributed by atoms with Gasteiger partial charge in [0.15, 0.2) is 0 Å². The van der Waals surface area contributed by atoms with Crippen molar-refractivity contribution in [1.29, 1.82) is 0 Å². The maximum atomic E-state index is 12.1. The van der Waals surface area contributed by atoms with Crippen LogP contribution in [0.4, 0.5) is 10.7 Å². The van der Waals surface area contributed by atoms with Crippen molar-refractivity contribution in [3.63, 3.8) is 0 Å². The van der Waals surface area contributed by atoms with E-state index in [-0.39, 0.29) is 12.1 Å². The summed E-state index contributed by atoms with van der Waals surface area (Å²) in [5.41, 5.74) is 1.79. The predicted octanol–water partition coefficient (Wildman–Crippen LogP) is 4.13. The van der Waals surface area contributed by atoms with Gasteiger partial charge in [0.25, 0.3) is 0 Å². The van der Waals surface area contributed by atoms with Crippen LogP contribution in [0.25, 0.3) is 11.0 Å². The van der Waals surface area contributed by atoms with Gasteiger partial charge in [-0.3, -0.25) is 0 Å². The zero-order valence-corrected chi connectivity index (χ0v) is 11.2. The molecule has 1 fully saturated rings. The van der Waals surface area contributed by atoms with Gasteiger partial charge >= 0.3 is 6.09 Å². The van der Waals surface area contributed by atoms with Crippen molar-refractivity contribution in [2.24, 2.45) is 0 Å². The minimum absolute atomic E-state index is 0.153. The first kappa shape index (κ1) is 12.0. The van der Waals surface area contributed by atoms with Crippen molar-refractivity contribution in [2.75, 3.05) is 11.5 Å². The molecular weight excluding hydrogens is 266 g/mol. The molecule has 1 aliphatic heterocycles. The first-order chi connectivity index (χ1) is 10.3. The highest BCUT2D eigenvalue weighted by Crippen LogP contribution is 2.36. The van der Waals surface area contributed by atoms with E-state index in [0.717, 1.165) is 16.5 Å². The molecule has 0 saturated carbocycles. The van der Waals surface area contributed by atoms with E-state index in [0.29, 0.717) is 12.5 Å². The average Bonchev–Trinajstić information content (AvgIpc) is 3.11. The van der Waals surface area contributed by atoms with Crippen molar-refractivity contribution in [1.82, 2.24) is 0 Å². The molecule has 0 spiro atoms. The van der Waals surface area contributed by atoms with E-state index in [4.69, 9.17) is 9.15 Å². The highest BCUT2D eigenvalue weighted by Gasteiger charge is 2.37. The molecule has 1 aliphatic rings. The first-order valence-corrected chi connectivity index (χ1v) is 6.82. The number of rotatable bonds is 2. The molecule has 4 rings (SSSR count). The van der Waals surface area contributed by atoms with Crippen LogP contribution in [0.5, 0.6) is 0 Å². The monoisotopic (exact) mass is 279 g/mol. The second-order valence-electron chi connectivity index (χ2n) is 5.00. The highest BCUT2D eigenvalue weighted by molar-refractivity contribution is 5.92. The number of hydrogen-bond donors (Lipinski definition) is 0. The molecule has 1 atom stereocenters. The Morgan fingerprint density at radius 1 is 1.00 bits per heavy atom. The Kier molecular flexibility index (Phi) is 2.67. The lowest BCUT2D eigenvalue weighted by molar-refractivity contribution is 0.178. The molecule has 104 valence electrons. The Morgan fingerprint density at radius 3 is 2.57 bits per heavy atom. The third kappa shape index (κ3) is 1.96. The van der Waals surface area contributed by atoms with Crippen LogP contribution in [0.1, 0.15) is 11.6 Å². The Morgan fingerprint density at radius 2 is 1.76 bits per heavy atom. The minimum Gasteiger partial charge on any atom is -0.446 e. The second-order valence-corrected chi connectivity index (χ2v) is 5.00. The lowest BCUT2D eigenvalue weighted by Gasteiger charge is -2.18. The van der Waals surface area contributed by atoms with Crippen LogP contribution in [-0.2, 0) is 4.74 Å². The number of carbonyl (C=O) groups is 1. The molecule has 0 unspecified atom stereocenters. The molecule has 0 bridgehead atoms. The number of amides is 1. The van der Waals surface area contributed by atoms with Crippen LogP contribution in [-0.4, -0.2) is 12.7 Å². The quantitative estimate of drug-likeness (QED) is 0.708. The number of ether oxygens (including phenoxy) is 1. The summed E-state index contributed by atoms with van der Waals surface area (Å²) in [6.07, 6.45) is -0.372. The number of carbonyl (C=O) groups excluding carboxylic acids is 1. The molecule has 4 heteroatoms. The maximum absolute atomic E-state index is 12.1. The fourth-order valence-corrected chi connectivity index (χ4v) is 2.67. The van der Waals surface area contributed by atoms with Crippen LogP contribution in [0.3, 0.4) is 0 Å². The van der Waals surface area contributed by atoms with E-state index in [9.17, 15) is 4.79 Å². The maximum Gasteiger partial charge on any atom is 0.417 e. The molecule has 0 N–H and O–H groups in total. The minimum atomic E-state index is -0.372. The lowest BCUT2D eigenvalue weighted by atomic mass is 10.1. The van der Waals surface area contributed by atoms with E-state index in [2.05, 4.69) is 0 Å². The van der Waals surface area contributed by atoms with Gasteiger partial charge in [-0.1, -0.05) is 48.5 Å². The van der Waals surface area contributed by atoms with E-state index < -0.39 is 0 Å². The van der Waals surface area contributed by atoms with Gasteiger partial charge in [-0.05, 0) is 11.6 Å². The lowest BCUT2D eigenvalue weighted by Crippen LogP contribution is -2.26. The van der Waals surface area contributed by atoms with Gasteiger partial charge in [-0.15, -0.1) is 0 Å². The summed E-state index contributed by atoms with van der Waals surface area (Å²) in [7, 11) is 0. The zero-order valence-electron chi connectivity index (χ0n) is 11.2. The highest BCUT2D eigenvalue weighted by atomic mass is 16.6. The number of anilines is 1. The third-order valence-electron chi connectivity index (χ3n) is 3.71. The summed E-state index contributed by atoms with van der Waals surface area (Å²) in [4.78, 5) is 13.7. The number of cyclic esters (lactones) is 1. The fourth-order valence-electron chi connectivity index (χ4n) is 2.67. The molecule has 0 radical (unpaired) electrons. The van der Waals surface area contributed by atoms with E-state index in [1.807, 2.05) is 60.7 Å². The summed E-state index contributed by atoms with van der Waals surface area (Å²) in [5, 5.41) is 0.971. The Hall–Kier alpha value is -2.75. The fraction of sp³-hybridized carbons (Fsp3) is 0.118. The molecule has 1 aromatic heterocycles. The van der Waals surface area contributed by atoms with Crippen LogP contribution in [0, 0.1) is 0 Å². The third-order valence-corrected chi connectivity index (χ3v) is 3.71. The molecular formula is C17H13NO3. The number of nitrogens with zero attached hydrogens (tertiary/aromatic N) is 1. The smallest absolute Gasteiger partial charge is 0.417 e. The topological polar surface area (TPSA) is 42.7 Å². The summed E-state index contributed by atoms with van der Waals surface area (Å²) < 4.78 is 11.0. The van der Waals surface area contributed by atoms with E-state index in [1.165, 1.54) is 0 Å². The zero-order chi connectivity index (χ0) is 14.2. The number of benzene rings is 2. The Labute approximate surface area is 121 Å². The van der Waals surface area contributed by atoms with Crippen molar-refractivity contribution < 1.29 is 13.9 Å². The Bertz CT molecular complexity index is 761. The predicted molar refractivity (Wildman–Crippen MR) is 79.2 cm³/mol. The van der Waals surface area contributed by atoms with Crippen LogP contribution < -0.4 is 4.90 Å². The summed E-state index contributed by atoms with van der Waals surface area (Å²) in [6, 6.07) is 19.3. The molecule has 4 nitrogen and oxygen atoms in total. The molecule has 1 saturated heterocycles. The summed E-state index contributed by atoms with van der Waals surface area (Å²) >= 11 is 0. The van der Waals surface area contributed by atoms with Gasteiger partial charge in [0.1, 0.15) is 18.2 Å². The molecule has 0 aliphatic carbocycles. The number of hydrogen-bond acceptors (Lipinski definition) is 3. The van der Waals surface area contributed by atoms with Crippen molar-refractivity contribution >= 4 is 22.9 Å². The number of furan rings is 1. The van der Waals surface area contributed by atoms with Gasteiger partial charge in [0, 0.05) is 11.5 Å². The van der Waals surface area contributed by atoms with Crippen LogP contribution in [0.15, 0.2) is 65.1 Å². The van der Waals surface area contributed by atoms with Gasteiger partial charge in [-0.2, -0.15) is 0 Å². The van der Waals surface area contributed by atoms with Gasteiger partial charge in [0.2, 0.25) is 5.88 Å². The number of para-hydroxylation sites is 1. The molecule has 2 heterocycles. The van der Waals surface area contributed by atoms with Crippen LogP contribution in [0.2, 0.25) is 0 Å². The van der Waals surface area contributed by atoms with Gasteiger partial charge < -0.3 is 9.15 Å². The van der Waals surface area contributed by atoms with Gasteiger partial charge in [0.05, 0.1) is 0 Å². The first-order valence-electron chi connectivity index (χ1n) is 6.82. The van der Waals surface area contributed by atoms with Crippen molar-refractivity contribution in [3.8, 4) is 0 Å². The molecule has 2 aromatic carbocycles. The van der Waals surface area contributed by atoms with Crippen LogP contribution >= 0.6 is 0 Å². The molecule has 21 heavy (non-hydrogen) atoms. The second kappa shape index (κ2) is 4.66. The summed E-state index contributed by atoms with van der Waals surface area (Å²) in [6.45, 7) is 0.333. The molecule has 1 amide bonds. The van der Waals surface area contributed by atoms with E-state index in [1.54, 1.807) is 4.90 Å². The largest absolute Gasteiger partial charge is 0.446 e. The SMILES string of the molecule is O=C1OC[C@@H](c2ccccc2)N1c1cc2ccccc2o1. The van der Waals surface area contributed by atoms with Crippen molar-refractivity contribution in [2.45, 2.75) is 6.04 Å². The Balaban J connectivity index is 1.78. The van der Waals surface area contributed by atoms with E-state index >= 15 is 0 Å². The van der Waals surface area contributed by atoms with Crippen molar-refractivity contribution in [3.05, 3.63) is 66.2 Å². The number of fused-ring (bicyclic) bond motifs is 1. The standard InChI is InChI=1S/C17H13NO3/c19-17-18(14(11-20-17)12-6-2-1-3-7-12)16-10-13-8-4-5-9-15(13)21-16/h1-10,14H,11H2/t14-/m0/s1. The van der Waals surface area contributed by atoms with Gasteiger partial charge in [-0.25, -0.2) is 9.69 Å². The molecule has 3 aromatic rings. The summed E-state index contributed by atoms with van der Waals surface area (Å²) in [5.74, 6) is 0.521. The average molecular weight is 279 g/mol. The normalized spacial score (nSPS) is 18.2.